The van der Waals surface area contributed by atoms with E-state index in [-0.39, 0.29) is 0 Å². The standard InChI is InChI=1S/C16H17N7O/c17-22-14-10-15(23-18)21-16(20-14)19-11-6-8-13(9-7-11)24-12-4-2-1-3-5-12/h1-10H,17-18H2,(H3,19,20,21,22,23). The second-order valence-electron chi connectivity index (χ2n) is 4.82. The highest BCUT2D eigenvalue weighted by atomic mass is 16.5. The molecule has 0 atom stereocenters. The van der Waals surface area contributed by atoms with Crippen molar-refractivity contribution in [3.05, 3.63) is 60.7 Å². The second-order valence-corrected chi connectivity index (χ2v) is 4.82. The number of hydrogen-bond acceptors (Lipinski definition) is 8. The summed E-state index contributed by atoms with van der Waals surface area (Å²) in [5.41, 5.74) is 5.71. The van der Waals surface area contributed by atoms with E-state index in [0.717, 1.165) is 17.2 Å². The summed E-state index contributed by atoms with van der Waals surface area (Å²) in [5.74, 6) is 13.5. The SMILES string of the molecule is NNc1cc(NN)nc(Nc2ccc(Oc3ccccc3)cc2)n1. The third-order valence-electron chi connectivity index (χ3n) is 3.11. The van der Waals surface area contributed by atoms with Gasteiger partial charge in [-0.15, -0.1) is 0 Å². The first-order valence-electron chi connectivity index (χ1n) is 7.19. The second kappa shape index (κ2) is 7.27. The van der Waals surface area contributed by atoms with Gasteiger partial charge in [0.05, 0.1) is 0 Å². The number of hydrogen-bond donors (Lipinski definition) is 5. The van der Waals surface area contributed by atoms with E-state index in [9.17, 15) is 0 Å². The molecule has 122 valence electrons. The van der Waals surface area contributed by atoms with E-state index in [4.69, 9.17) is 16.4 Å². The van der Waals surface area contributed by atoms with Crippen molar-refractivity contribution in [2.24, 2.45) is 11.7 Å². The molecule has 0 saturated carbocycles. The summed E-state index contributed by atoms with van der Waals surface area (Å²) >= 11 is 0. The molecule has 0 aliphatic carbocycles. The van der Waals surface area contributed by atoms with Gasteiger partial charge in [0.1, 0.15) is 23.1 Å². The normalized spacial score (nSPS) is 10.1. The van der Waals surface area contributed by atoms with Gasteiger partial charge < -0.3 is 20.9 Å². The number of aromatic nitrogens is 2. The number of nitrogens with two attached hydrogens (primary N) is 2. The topological polar surface area (TPSA) is 123 Å². The van der Waals surface area contributed by atoms with Crippen LogP contribution in [0.15, 0.2) is 60.7 Å². The minimum atomic E-state index is 0.357. The van der Waals surface area contributed by atoms with Crippen LogP contribution in [0, 0.1) is 0 Å². The number of para-hydroxylation sites is 1. The number of ether oxygens (including phenoxy) is 1. The minimum absolute atomic E-state index is 0.357. The number of anilines is 4. The molecule has 0 fully saturated rings. The molecule has 0 saturated heterocycles. The van der Waals surface area contributed by atoms with Crippen molar-refractivity contribution in [2.45, 2.75) is 0 Å². The van der Waals surface area contributed by atoms with Gasteiger partial charge in [0.2, 0.25) is 5.95 Å². The van der Waals surface area contributed by atoms with Gasteiger partial charge in [-0.05, 0) is 36.4 Å². The van der Waals surface area contributed by atoms with Crippen LogP contribution < -0.4 is 32.6 Å². The van der Waals surface area contributed by atoms with Crippen LogP contribution in [0.5, 0.6) is 11.5 Å². The molecule has 0 radical (unpaired) electrons. The van der Waals surface area contributed by atoms with Crippen LogP contribution in [-0.4, -0.2) is 9.97 Å². The van der Waals surface area contributed by atoms with Gasteiger partial charge >= 0.3 is 0 Å². The van der Waals surface area contributed by atoms with Crippen LogP contribution in [0.1, 0.15) is 0 Å². The lowest BCUT2D eigenvalue weighted by Gasteiger charge is -2.10. The Morgan fingerprint density at radius 3 is 1.92 bits per heavy atom. The summed E-state index contributed by atoms with van der Waals surface area (Å²) in [4.78, 5) is 8.40. The molecule has 0 amide bonds. The average molecular weight is 323 g/mol. The molecule has 0 aliphatic heterocycles. The third-order valence-corrected chi connectivity index (χ3v) is 3.11. The number of hydrazine groups is 2. The lowest BCUT2D eigenvalue weighted by Crippen LogP contribution is -2.14. The number of benzene rings is 2. The summed E-state index contributed by atoms with van der Waals surface area (Å²) in [6.07, 6.45) is 0. The van der Waals surface area contributed by atoms with Gasteiger partial charge in [0.25, 0.3) is 0 Å². The Kier molecular flexibility index (Phi) is 4.70. The van der Waals surface area contributed by atoms with Gasteiger partial charge in [-0.1, -0.05) is 18.2 Å². The van der Waals surface area contributed by atoms with Gasteiger partial charge in [0.15, 0.2) is 0 Å². The molecule has 1 heterocycles. The maximum atomic E-state index is 5.74. The maximum Gasteiger partial charge on any atom is 0.231 e. The number of rotatable bonds is 6. The quantitative estimate of drug-likeness (QED) is 0.346. The average Bonchev–Trinajstić information content (AvgIpc) is 2.64. The van der Waals surface area contributed by atoms with E-state index in [1.165, 1.54) is 0 Å². The van der Waals surface area contributed by atoms with E-state index < -0.39 is 0 Å². The first kappa shape index (κ1) is 15.5. The fourth-order valence-electron chi connectivity index (χ4n) is 2.01. The van der Waals surface area contributed by atoms with Crippen molar-refractivity contribution in [1.82, 2.24) is 9.97 Å². The molecule has 0 unspecified atom stereocenters. The van der Waals surface area contributed by atoms with Gasteiger partial charge in [-0.3, -0.25) is 0 Å². The van der Waals surface area contributed by atoms with Crippen LogP contribution >= 0.6 is 0 Å². The summed E-state index contributed by atoms with van der Waals surface area (Å²) in [6, 6.07) is 18.6. The monoisotopic (exact) mass is 323 g/mol. The summed E-state index contributed by atoms with van der Waals surface area (Å²) in [5, 5.41) is 3.08. The number of nitrogen functional groups attached to an aromatic ring is 2. The molecule has 0 bridgehead atoms. The van der Waals surface area contributed by atoms with E-state index in [1.807, 2.05) is 54.6 Å². The minimum Gasteiger partial charge on any atom is -0.457 e. The molecule has 3 rings (SSSR count). The highest BCUT2D eigenvalue weighted by Crippen LogP contribution is 2.24. The molecule has 24 heavy (non-hydrogen) atoms. The lowest BCUT2D eigenvalue weighted by atomic mass is 10.3. The van der Waals surface area contributed by atoms with E-state index in [1.54, 1.807) is 6.07 Å². The first-order valence-corrected chi connectivity index (χ1v) is 7.19. The summed E-state index contributed by atoms with van der Waals surface area (Å²) in [6.45, 7) is 0. The van der Waals surface area contributed by atoms with Crippen molar-refractivity contribution >= 4 is 23.3 Å². The van der Waals surface area contributed by atoms with Crippen LogP contribution in [0.3, 0.4) is 0 Å². The molecule has 8 nitrogen and oxygen atoms in total. The van der Waals surface area contributed by atoms with Gasteiger partial charge in [0, 0.05) is 11.8 Å². The van der Waals surface area contributed by atoms with Gasteiger partial charge in [-0.25, -0.2) is 11.7 Å². The predicted octanol–water partition coefficient (Wildman–Crippen LogP) is 2.58. The predicted molar refractivity (Wildman–Crippen MR) is 93.9 cm³/mol. The van der Waals surface area contributed by atoms with Crippen molar-refractivity contribution in [1.29, 1.82) is 0 Å². The molecular formula is C16H17N7O. The van der Waals surface area contributed by atoms with Gasteiger partial charge in [-0.2, -0.15) is 9.97 Å². The van der Waals surface area contributed by atoms with E-state index in [0.29, 0.717) is 17.6 Å². The smallest absolute Gasteiger partial charge is 0.231 e. The zero-order chi connectivity index (χ0) is 16.8. The molecule has 2 aromatic carbocycles. The van der Waals surface area contributed by atoms with Crippen LogP contribution in [0.25, 0.3) is 0 Å². The molecule has 7 N–H and O–H groups in total. The maximum absolute atomic E-state index is 5.74. The highest BCUT2D eigenvalue weighted by molar-refractivity contribution is 5.59. The van der Waals surface area contributed by atoms with Crippen LogP contribution in [-0.2, 0) is 0 Å². The number of nitrogens with one attached hydrogen (secondary N) is 3. The van der Waals surface area contributed by atoms with Crippen molar-refractivity contribution < 1.29 is 4.74 Å². The van der Waals surface area contributed by atoms with Crippen molar-refractivity contribution in [2.75, 3.05) is 16.2 Å². The van der Waals surface area contributed by atoms with Crippen LogP contribution in [0.4, 0.5) is 23.3 Å². The molecule has 8 heteroatoms. The van der Waals surface area contributed by atoms with Crippen molar-refractivity contribution in [3.63, 3.8) is 0 Å². The summed E-state index contributed by atoms with van der Waals surface area (Å²) in [7, 11) is 0. The zero-order valence-electron chi connectivity index (χ0n) is 12.7. The molecule has 0 spiro atoms. The first-order chi connectivity index (χ1) is 11.8. The molecular weight excluding hydrogens is 306 g/mol. The Bertz CT molecular complexity index is 771. The fraction of sp³-hybridized carbons (Fsp3) is 0. The Balaban J connectivity index is 1.72. The largest absolute Gasteiger partial charge is 0.457 e. The van der Waals surface area contributed by atoms with E-state index >= 15 is 0 Å². The van der Waals surface area contributed by atoms with Crippen LogP contribution in [0.2, 0.25) is 0 Å². The third kappa shape index (κ3) is 3.88. The number of nitrogens with zero attached hydrogens (tertiary/aromatic N) is 2. The Labute approximate surface area is 138 Å². The van der Waals surface area contributed by atoms with Crippen molar-refractivity contribution in [3.8, 4) is 11.5 Å². The Morgan fingerprint density at radius 2 is 1.33 bits per heavy atom. The van der Waals surface area contributed by atoms with E-state index in [2.05, 4.69) is 26.1 Å². The fourth-order valence-corrected chi connectivity index (χ4v) is 2.01. The zero-order valence-corrected chi connectivity index (χ0v) is 12.7. The Morgan fingerprint density at radius 1 is 0.750 bits per heavy atom. The molecule has 0 aliphatic rings. The Hall–Kier alpha value is -3.36. The highest BCUT2D eigenvalue weighted by Gasteiger charge is 2.04. The summed E-state index contributed by atoms with van der Waals surface area (Å²) < 4.78 is 5.74. The lowest BCUT2D eigenvalue weighted by molar-refractivity contribution is 0.483. The molecule has 1 aromatic heterocycles. The molecule has 3 aromatic rings.